The molecule has 0 N–H and O–H groups in total. The van der Waals surface area contributed by atoms with Gasteiger partial charge in [-0.25, -0.2) is 0 Å². The van der Waals surface area contributed by atoms with Crippen LogP contribution in [0, 0.1) is 0 Å². The van der Waals surface area contributed by atoms with Gasteiger partial charge in [0, 0.05) is 42.9 Å². The lowest BCUT2D eigenvalue weighted by atomic mass is 10.0. The number of likely N-dealkylation sites (tertiary alicyclic amines) is 1. The second kappa shape index (κ2) is 11.4. The van der Waals surface area contributed by atoms with Gasteiger partial charge < -0.3 is 19.3 Å². The van der Waals surface area contributed by atoms with Gasteiger partial charge in [-0.1, -0.05) is 25.1 Å². The molecule has 2 amide bonds. The van der Waals surface area contributed by atoms with Crippen molar-refractivity contribution in [3.05, 3.63) is 65.7 Å². The molecule has 0 bridgehead atoms. The van der Waals surface area contributed by atoms with E-state index in [0.29, 0.717) is 36.7 Å². The lowest BCUT2D eigenvalue weighted by molar-refractivity contribution is -0.129. The van der Waals surface area contributed by atoms with Gasteiger partial charge in [0.1, 0.15) is 11.5 Å². The van der Waals surface area contributed by atoms with Crippen LogP contribution < -0.4 is 9.47 Å². The SMILES string of the molecule is CCCN(C(=O)/C=C/c1cc(OC)ccc1OC)C1CCN(C(=O)c2ccccc2)CC1. The molecule has 2 aromatic carbocycles. The zero-order chi connectivity index (χ0) is 22.9. The molecule has 1 heterocycles. The Kier molecular flexibility index (Phi) is 8.31. The third-order valence-electron chi connectivity index (χ3n) is 5.80. The van der Waals surface area contributed by atoms with Crippen molar-refractivity contribution < 1.29 is 19.1 Å². The van der Waals surface area contributed by atoms with Crippen molar-refractivity contribution in [2.75, 3.05) is 33.9 Å². The van der Waals surface area contributed by atoms with E-state index >= 15 is 0 Å². The number of hydrogen-bond donors (Lipinski definition) is 0. The first-order valence-corrected chi connectivity index (χ1v) is 11.1. The van der Waals surface area contributed by atoms with Gasteiger partial charge in [-0.2, -0.15) is 0 Å². The van der Waals surface area contributed by atoms with E-state index in [2.05, 4.69) is 6.92 Å². The standard InChI is InChI=1S/C26H32N2O4/c1-4-16-28(25(29)13-10-21-19-23(31-2)11-12-24(21)32-3)22-14-17-27(18-15-22)26(30)20-8-6-5-7-9-20/h5-13,19,22H,4,14-18H2,1-3H3/b13-10+. The van der Waals surface area contributed by atoms with Crippen molar-refractivity contribution in [3.63, 3.8) is 0 Å². The second-order valence-electron chi connectivity index (χ2n) is 7.86. The Bertz CT molecular complexity index is 934. The summed E-state index contributed by atoms with van der Waals surface area (Å²) in [6.45, 7) is 4.07. The molecule has 0 aromatic heterocycles. The fourth-order valence-corrected chi connectivity index (χ4v) is 4.08. The van der Waals surface area contributed by atoms with E-state index in [-0.39, 0.29) is 17.9 Å². The molecule has 0 atom stereocenters. The van der Waals surface area contributed by atoms with Crippen molar-refractivity contribution >= 4 is 17.9 Å². The Labute approximate surface area is 190 Å². The van der Waals surface area contributed by atoms with Crippen LogP contribution in [0.3, 0.4) is 0 Å². The van der Waals surface area contributed by atoms with Gasteiger partial charge in [-0.15, -0.1) is 0 Å². The normalized spacial score (nSPS) is 14.4. The molecule has 1 aliphatic heterocycles. The molecule has 0 saturated carbocycles. The highest BCUT2D eigenvalue weighted by molar-refractivity contribution is 5.94. The predicted octanol–water partition coefficient (Wildman–Crippen LogP) is 4.26. The van der Waals surface area contributed by atoms with E-state index in [9.17, 15) is 9.59 Å². The summed E-state index contributed by atoms with van der Waals surface area (Å²) in [6, 6.07) is 15.0. The molecular weight excluding hydrogens is 404 g/mol. The Morgan fingerprint density at radius 1 is 1.06 bits per heavy atom. The van der Waals surface area contributed by atoms with Crippen molar-refractivity contribution in [1.82, 2.24) is 9.80 Å². The van der Waals surface area contributed by atoms with Crippen LogP contribution in [0.2, 0.25) is 0 Å². The summed E-state index contributed by atoms with van der Waals surface area (Å²) in [5, 5.41) is 0. The maximum Gasteiger partial charge on any atom is 0.253 e. The molecular formula is C26H32N2O4. The maximum atomic E-state index is 13.1. The minimum Gasteiger partial charge on any atom is -0.497 e. The molecule has 6 nitrogen and oxygen atoms in total. The molecule has 0 aliphatic carbocycles. The first-order chi connectivity index (χ1) is 15.6. The summed E-state index contributed by atoms with van der Waals surface area (Å²) in [7, 11) is 3.22. The molecule has 1 fully saturated rings. The van der Waals surface area contributed by atoms with E-state index < -0.39 is 0 Å². The highest BCUT2D eigenvalue weighted by Gasteiger charge is 2.28. The van der Waals surface area contributed by atoms with Crippen molar-refractivity contribution in [1.29, 1.82) is 0 Å². The number of rotatable bonds is 8. The molecule has 0 spiro atoms. The Hall–Kier alpha value is -3.28. The van der Waals surface area contributed by atoms with Crippen LogP contribution in [0.15, 0.2) is 54.6 Å². The van der Waals surface area contributed by atoms with Gasteiger partial charge in [0.25, 0.3) is 5.91 Å². The summed E-state index contributed by atoms with van der Waals surface area (Å²) >= 11 is 0. The van der Waals surface area contributed by atoms with E-state index in [4.69, 9.17) is 9.47 Å². The van der Waals surface area contributed by atoms with Crippen LogP contribution in [0.1, 0.15) is 42.1 Å². The topological polar surface area (TPSA) is 59.1 Å². The van der Waals surface area contributed by atoms with Crippen LogP contribution in [-0.4, -0.2) is 61.5 Å². The second-order valence-corrected chi connectivity index (χ2v) is 7.86. The number of benzene rings is 2. The first-order valence-electron chi connectivity index (χ1n) is 11.1. The molecule has 6 heteroatoms. The quantitative estimate of drug-likeness (QED) is 0.580. The van der Waals surface area contributed by atoms with Crippen LogP contribution in [-0.2, 0) is 4.79 Å². The van der Waals surface area contributed by atoms with Gasteiger partial charge in [0.05, 0.1) is 14.2 Å². The summed E-state index contributed by atoms with van der Waals surface area (Å²) in [4.78, 5) is 29.6. The van der Waals surface area contributed by atoms with Gasteiger partial charge in [0.2, 0.25) is 5.91 Å². The highest BCUT2D eigenvalue weighted by Crippen LogP contribution is 2.26. The Balaban J connectivity index is 1.66. The number of piperidine rings is 1. The zero-order valence-corrected chi connectivity index (χ0v) is 19.1. The van der Waals surface area contributed by atoms with Gasteiger partial charge in [-0.05, 0) is 55.7 Å². The minimum absolute atomic E-state index is 0.0236. The molecule has 1 aliphatic rings. The Morgan fingerprint density at radius 3 is 2.41 bits per heavy atom. The number of ether oxygens (including phenoxy) is 2. The highest BCUT2D eigenvalue weighted by atomic mass is 16.5. The lowest BCUT2D eigenvalue weighted by Crippen LogP contribution is -2.48. The van der Waals surface area contributed by atoms with Gasteiger partial charge >= 0.3 is 0 Å². The molecule has 170 valence electrons. The molecule has 2 aromatic rings. The van der Waals surface area contributed by atoms with Gasteiger partial charge in [0.15, 0.2) is 0 Å². The van der Waals surface area contributed by atoms with E-state index in [1.807, 2.05) is 58.3 Å². The number of carbonyl (C=O) groups is 2. The van der Waals surface area contributed by atoms with Crippen LogP contribution in [0.4, 0.5) is 0 Å². The number of methoxy groups -OCH3 is 2. The van der Waals surface area contributed by atoms with Crippen LogP contribution >= 0.6 is 0 Å². The molecule has 32 heavy (non-hydrogen) atoms. The Morgan fingerprint density at radius 2 is 1.78 bits per heavy atom. The molecule has 0 radical (unpaired) electrons. The monoisotopic (exact) mass is 436 g/mol. The predicted molar refractivity (Wildman–Crippen MR) is 126 cm³/mol. The minimum atomic E-state index is -0.0236. The zero-order valence-electron chi connectivity index (χ0n) is 19.1. The van der Waals surface area contributed by atoms with Crippen LogP contribution in [0.5, 0.6) is 11.5 Å². The first kappa shape index (κ1) is 23.4. The lowest BCUT2D eigenvalue weighted by Gasteiger charge is -2.38. The third kappa shape index (κ3) is 5.69. The summed E-state index contributed by atoms with van der Waals surface area (Å²) in [5.74, 6) is 1.43. The van der Waals surface area contributed by atoms with E-state index in [1.54, 1.807) is 26.4 Å². The van der Waals surface area contributed by atoms with Crippen molar-refractivity contribution in [2.45, 2.75) is 32.2 Å². The number of carbonyl (C=O) groups excluding carboxylic acids is 2. The van der Waals surface area contributed by atoms with Crippen LogP contribution in [0.25, 0.3) is 6.08 Å². The summed E-state index contributed by atoms with van der Waals surface area (Å²) in [6.07, 6.45) is 5.82. The fraction of sp³-hybridized carbons (Fsp3) is 0.385. The number of hydrogen-bond acceptors (Lipinski definition) is 4. The number of amides is 2. The van der Waals surface area contributed by atoms with Gasteiger partial charge in [-0.3, -0.25) is 9.59 Å². The smallest absolute Gasteiger partial charge is 0.253 e. The van der Waals surface area contributed by atoms with E-state index in [0.717, 1.165) is 24.8 Å². The number of nitrogens with zero attached hydrogens (tertiary/aromatic N) is 2. The summed E-state index contributed by atoms with van der Waals surface area (Å²) in [5.41, 5.74) is 1.50. The molecule has 3 rings (SSSR count). The largest absolute Gasteiger partial charge is 0.497 e. The van der Waals surface area contributed by atoms with E-state index in [1.165, 1.54) is 0 Å². The average Bonchev–Trinajstić information content (AvgIpc) is 2.85. The summed E-state index contributed by atoms with van der Waals surface area (Å²) < 4.78 is 10.7. The molecule has 1 saturated heterocycles. The maximum absolute atomic E-state index is 13.1. The molecule has 0 unspecified atom stereocenters. The fourth-order valence-electron chi connectivity index (χ4n) is 4.08. The third-order valence-corrected chi connectivity index (χ3v) is 5.80. The average molecular weight is 437 g/mol. The van der Waals surface area contributed by atoms with Crippen molar-refractivity contribution in [3.8, 4) is 11.5 Å². The van der Waals surface area contributed by atoms with Crippen molar-refractivity contribution in [2.24, 2.45) is 0 Å².